The first-order valence-corrected chi connectivity index (χ1v) is 6.59. The second kappa shape index (κ2) is 5.40. The Balaban J connectivity index is 2.27. The van der Waals surface area contributed by atoms with Crippen molar-refractivity contribution in [1.29, 1.82) is 0 Å². The highest BCUT2D eigenvalue weighted by molar-refractivity contribution is 5.93. The lowest BCUT2D eigenvalue weighted by atomic mass is 10.1. The van der Waals surface area contributed by atoms with E-state index in [1.807, 2.05) is 19.1 Å². The van der Waals surface area contributed by atoms with Gasteiger partial charge in [-0.05, 0) is 31.2 Å². The van der Waals surface area contributed by atoms with Crippen LogP contribution in [0, 0.1) is 12.7 Å². The zero-order chi connectivity index (χ0) is 15.7. The molecule has 0 aliphatic carbocycles. The van der Waals surface area contributed by atoms with Crippen molar-refractivity contribution in [1.82, 2.24) is 15.0 Å². The van der Waals surface area contributed by atoms with Crippen molar-refractivity contribution in [3.63, 3.8) is 0 Å². The first-order valence-electron chi connectivity index (χ1n) is 6.59. The summed E-state index contributed by atoms with van der Waals surface area (Å²) in [4.78, 5) is 11.4. The zero-order valence-electron chi connectivity index (χ0n) is 11.7. The average molecular weight is 297 g/mol. The van der Waals surface area contributed by atoms with Crippen LogP contribution in [0.1, 0.15) is 16.1 Å². The van der Waals surface area contributed by atoms with Crippen LogP contribution in [0.2, 0.25) is 0 Å². The van der Waals surface area contributed by atoms with Gasteiger partial charge >= 0.3 is 5.97 Å². The number of aryl methyl sites for hydroxylation is 1. The van der Waals surface area contributed by atoms with E-state index in [1.54, 1.807) is 24.3 Å². The van der Waals surface area contributed by atoms with Crippen molar-refractivity contribution in [2.75, 3.05) is 0 Å². The molecule has 1 aromatic heterocycles. The van der Waals surface area contributed by atoms with Gasteiger partial charge in [-0.1, -0.05) is 35.0 Å². The standard InChI is InChI=1S/C16H12FN3O2/c1-10-6-8-11(9-7-10)20-15(14(16(21)22)18-19-20)12-4-2-3-5-13(12)17/h2-9H,1H3,(H,21,22). The van der Waals surface area contributed by atoms with Gasteiger partial charge in [0.1, 0.15) is 11.5 Å². The smallest absolute Gasteiger partial charge is 0.358 e. The molecule has 0 bridgehead atoms. The lowest BCUT2D eigenvalue weighted by molar-refractivity contribution is 0.0691. The van der Waals surface area contributed by atoms with Crippen LogP contribution in [0.15, 0.2) is 48.5 Å². The molecule has 0 amide bonds. The highest BCUT2D eigenvalue weighted by atomic mass is 19.1. The number of hydrogen-bond donors (Lipinski definition) is 1. The number of carboxylic acid groups (broad SMARTS) is 1. The van der Waals surface area contributed by atoms with Gasteiger partial charge in [-0.15, -0.1) is 5.10 Å². The summed E-state index contributed by atoms with van der Waals surface area (Å²) in [6.45, 7) is 1.94. The Bertz CT molecular complexity index is 841. The van der Waals surface area contributed by atoms with Crippen LogP contribution in [0.25, 0.3) is 16.9 Å². The Labute approximate surface area is 125 Å². The number of benzene rings is 2. The molecule has 110 valence electrons. The molecule has 2 aromatic carbocycles. The molecule has 0 saturated carbocycles. The second-order valence-electron chi connectivity index (χ2n) is 4.82. The van der Waals surface area contributed by atoms with Crippen molar-refractivity contribution >= 4 is 5.97 Å². The molecule has 0 atom stereocenters. The van der Waals surface area contributed by atoms with E-state index < -0.39 is 11.8 Å². The molecule has 1 N–H and O–H groups in total. The minimum absolute atomic E-state index is 0.120. The molecule has 0 aliphatic heterocycles. The van der Waals surface area contributed by atoms with E-state index in [-0.39, 0.29) is 17.0 Å². The highest BCUT2D eigenvalue weighted by Gasteiger charge is 2.23. The fraction of sp³-hybridized carbons (Fsp3) is 0.0625. The van der Waals surface area contributed by atoms with E-state index in [2.05, 4.69) is 10.3 Å². The molecule has 0 radical (unpaired) electrons. The maximum absolute atomic E-state index is 14.1. The molecule has 6 heteroatoms. The van der Waals surface area contributed by atoms with Gasteiger partial charge in [0.2, 0.25) is 0 Å². The normalized spacial score (nSPS) is 10.6. The second-order valence-corrected chi connectivity index (χ2v) is 4.82. The van der Waals surface area contributed by atoms with Gasteiger partial charge in [0, 0.05) is 5.56 Å². The summed E-state index contributed by atoms with van der Waals surface area (Å²) < 4.78 is 15.4. The maximum atomic E-state index is 14.1. The molecule has 0 aliphatic rings. The minimum Gasteiger partial charge on any atom is -0.476 e. The fourth-order valence-corrected chi connectivity index (χ4v) is 2.19. The van der Waals surface area contributed by atoms with E-state index >= 15 is 0 Å². The van der Waals surface area contributed by atoms with Crippen LogP contribution in [0.4, 0.5) is 4.39 Å². The summed E-state index contributed by atoms with van der Waals surface area (Å²) in [5.41, 5.74) is 1.64. The van der Waals surface area contributed by atoms with Crippen molar-refractivity contribution < 1.29 is 14.3 Å². The molecule has 5 nitrogen and oxygen atoms in total. The summed E-state index contributed by atoms with van der Waals surface area (Å²) in [5.74, 6) is -1.78. The summed E-state index contributed by atoms with van der Waals surface area (Å²) in [6.07, 6.45) is 0. The molecule has 0 fully saturated rings. The van der Waals surface area contributed by atoms with Gasteiger partial charge in [0.05, 0.1) is 5.69 Å². The Morgan fingerprint density at radius 2 is 1.82 bits per heavy atom. The van der Waals surface area contributed by atoms with Crippen molar-refractivity contribution in [3.05, 3.63) is 65.6 Å². The van der Waals surface area contributed by atoms with Gasteiger partial charge in [-0.2, -0.15) is 0 Å². The molecule has 1 heterocycles. The van der Waals surface area contributed by atoms with Gasteiger partial charge in [0.25, 0.3) is 0 Å². The van der Waals surface area contributed by atoms with Crippen LogP contribution in [0.5, 0.6) is 0 Å². The first-order chi connectivity index (χ1) is 10.6. The van der Waals surface area contributed by atoms with Gasteiger partial charge in [0.15, 0.2) is 5.69 Å². The zero-order valence-corrected chi connectivity index (χ0v) is 11.7. The van der Waals surface area contributed by atoms with Crippen molar-refractivity contribution in [2.45, 2.75) is 6.92 Å². The number of carbonyl (C=O) groups is 1. The number of nitrogens with zero attached hydrogens (tertiary/aromatic N) is 3. The summed E-state index contributed by atoms with van der Waals surface area (Å²) in [7, 11) is 0. The number of rotatable bonds is 3. The molecule has 22 heavy (non-hydrogen) atoms. The summed E-state index contributed by atoms with van der Waals surface area (Å²) >= 11 is 0. The summed E-state index contributed by atoms with van der Waals surface area (Å²) in [5, 5.41) is 16.8. The van der Waals surface area contributed by atoms with E-state index in [4.69, 9.17) is 0 Å². The Hall–Kier alpha value is -3.02. The lowest BCUT2D eigenvalue weighted by Crippen LogP contribution is -2.04. The Morgan fingerprint density at radius 1 is 1.14 bits per heavy atom. The highest BCUT2D eigenvalue weighted by Crippen LogP contribution is 2.27. The third-order valence-electron chi connectivity index (χ3n) is 3.28. The monoisotopic (exact) mass is 297 g/mol. The lowest BCUT2D eigenvalue weighted by Gasteiger charge is -2.08. The first kappa shape index (κ1) is 13.9. The van der Waals surface area contributed by atoms with E-state index in [0.29, 0.717) is 5.69 Å². The minimum atomic E-state index is -1.25. The molecule has 0 spiro atoms. The van der Waals surface area contributed by atoms with Crippen LogP contribution < -0.4 is 0 Å². The van der Waals surface area contributed by atoms with Crippen molar-refractivity contribution in [2.24, 2.45) is 0 Å². The number of aromatic carboxylic acids is 1. The van der Waals surface area contributed by atoms with E-state index in [0.717, 1.165) is 5.56 Å². The van der Waals surface area contributed by atoms with Gasteiger partial charge < -0.3 is 5.11 Å². The van der Waals surface area contributed by atoms with Crippen molar-refractivity contribution in [3.8, 4) is 16.9 Å². The van der Waals surface area contributed by atoms with Gasteiger partial charge in [-0.3, -0.25) is 0 Å². The third kappa shape index (κ3) is 2.35. The van der Waals surface area contributed by atoms with Crippen LogP contribution >= 0.6 is 0 Å². The van der Waals surface area contributed by atoms with E-state index in [1.165, 1.54) is 16.8 Å². The van der Waals surface area contributed by atoms with Crippen LogP contribution in [-0.2, 0) is 0 Å². The topological polar surface area (TPSA) is 68.0 Å². The molecule has 3 rings (SSSR count). The summed E-state index contributed by atoms with van der Waals surface area (Å²) in [6, 6.07) is 13.2. The maximum Gasteiger partial charge on any atom is 0.358 e. The van der Waals surface area contributed by atoms with Crippen LogP contribution in [0.3, 0.4) is 0 Å². The molecule has 0 saturated heterocycles. The predicted molar refractivity (Wildman–Crippen MR) is 78.4 cm³/mol. The van der Waals surface area contributed by atoms with Gasteiger partial charge in [-0.25, -0.2) is 13.9 Å². The molecular formula is C16H12FN3O2. The Kier molecular flexibility index (Phi) is 3.42. The fourth-order valence-electron chi connectivity index (χ4n) is 2.19. The Morgan fingerprint density at radius 3 is 2.45 bits per heavy atom. The predicted octanol–water partition coefficient (Wildman–Crippen LogP) is 3.08. The third-order valence-corrected chi connectivity index (χ3v) is 3.28. The molecule has 0 unspecified atom stereocenters. The number of hydrogen-bond acceptors (Lipinski definition) is 3. The average Bonchev–Trinajstić information content (AvgIpc) is 2.93. The molecule has 3 aromatic rings. The SMILES string of the molecule is Cc1ccc(-n2nnc(C(=O)O)c2-c2ccccc2F)cc1. The number of aromatic nitrogens is 3. The van der Waals surface area contributed by atoms with E-state index in [9.17, 15) is 14.3 Å². The molecular weight excluding hydrogens is 285 g/mol. The quantitative estimate of drug-likeness (QED) is 0.806. The number of halogens is 1. The largest absolute Gasteiger partial charge is 0.476 e. The number of carboxylic acids is 1. The van der Waals surface area contributed by atoms with Crippen LogP contribution in [-0.4, -0.2) is 26.1 Å².